The number of thiophene rings is 1. The summed E-state index contributed by atoms with van der Waals surface area (Å²) < 4.78 is 5.67. The molecule has 1 aliphatic heterocycles. The Morgan fingerprint density at radius 1 is 1.16 bits per heavy atom. The fourth-order valence-electron chi connectivity index (χ4n) is 5.03. The SMILES string of the molecule is Cc1cccc(C(C)(NC(=O)c2ccc(Cl)s2)C(N)=O)c1NC(=O)C1CCC(N2CCOCC2=O)CC1. The molecule has 2 heterocycles. The number of hydrogen-bond acceptors (Lipinski definition) is 6. The van der Waals surface area contributed by atoms with Gasteiger partial charge in [-0.05, 0) is 57.2 Å². The number of ether oxygens (including phenoxy) is 1. The molecule has 4 rings (SSSR count). The summed E-state index contributed by atoms with van der Waals surface area (Å²) in [4.78, 5) is 53.3. The second-order valence-corrected chi connectivity index (χ2v) is 11.4. The highest BCUT2D eigenvalue weighted by molar-refractivity contribution is 7.18. The van der Waals surface area contributed by atoms with Crippen LogP contribution in [-0.2, 0) is 24.7 Å². The Hall–Kier alpha value is -2.95. The van der Waals surface area contributed by atoms with Crippen molar-refractivity contribution in [3.63, 3.8) is 0 Å². The molecule has 2 aromatic rings. The number of nitrogens with one attached hydrogen (secondary N) is 2. The van der Waals surface area contributed by atoms with Crippen molar-refractivity contribution in [3.8, 4) is 0 Å². The maximum Gasteiger partial charge on any atom is 0.262 e. The van der Waals surface area contributed by atoms with Gasteiger partial charge < -0.3 is 26.0 Å². The third kappa shape index (κ3) is 5.81. The molecule has 2 aliphatic rings. The lowest BCUT2D eigenvalue weighted by Crippen LogP contribution is -2.53. The summed E-state index contributed by atoms with van der Waals surface area (Å²) in [5.41, 5.74) is 5.79. The molecule has 0 radical (unpaired) electrons. The van der Waals surface area contributed by atoms with E-state index >= 15 is 0 Å². The maximum absolute atomic E-state index is 13.3. The molecule has 1 saturated heterocycles. The zero-order chi connectivity index (χ0) is 26.7. The van der Waals surface area contributed by atoms with Crippen LogP contribution in [0.4, 0.5) is 5.69 Å². The van der Waals surface area contributed by atoms with E-state index in [1.165, 1.54) is 6.92 Å². The Kier molecular flexibility index (Phi) is 8.20. The topological polar surface area (TPSA) is 131 Å². The number of nitrogens with zero attached hydrogens (tertiary/aromatic N) is 1. The summed E-state index contributed by atoms with van der Waals surface area (Å²) in [6.07, 6.45) is 2.77. The van der Waals surface area contributed by atoms with Crippen LogP contribution in [0.25, 0.3) is 0 Å². The minimum Gasteiger partial charge on any atom is -0.370 e. The fourth-order valence-corrected chi connectivity index (χ4v) is 5.97. The number of rotatable bonds is 7. The molecule has 1 aromatic carbocycles. The van der Waals surface area contributed by atoms with Gasteiger partial charge in [-0.2, -0.15) is 0 Å². The number of nitrogens with two attached hydrogens (primary N) is 1. The van der Waals surface area contributed by atoms with Gasteiger partial charge in [-0.25, -0.2) is 0 Å². The number of anilines is 1. The van der Waals surface area contributed by atoms with Crippen LogP contribution < -0.4 is 16.4 Å². The number of morpholine rings is 1. The van der Waals surface area contributed by atoms with E-state index in [9.17, 15) is 19.2 Å². The molecule has 198 valence electrons. The number of hydrogen-bond donors (Lipinski definition) is 3. The fraction of sp³-hybridized carbons (Fsp3) is 0.462. The lowest BCUT2D eigenvalue weighted by atomic mass is 9.84. The number of carbonyl (C=O) groups is 4. The summed E-state index contributed by atoms with van der Waals surface area (Å²) in [5, 5.41) is 5.76. The summed E-state index contributed by atoms with van der Waals surface area (Å²) in [6, 6.07) is 8.54. The molecular formula is C26H31ClN4O5S. The zero-order valence-electron chi connectivity index (χ0n) is 20.8. The van der Waals surface area contributed by atoms with Gasteiger partial charge in [0.1, 0.15) is 12.1 Å². The second-order valence-electron chi connectivity index (χ2n) is 9.68. The van der Waals surface area contributed by atoms with E-state index in [-0.39, 0.29) is 30.4 Å². The average molecular weight is 547 g/mol. The van der Waals surface area contributed by atoms with Gasteiger partial charge >= 0.3 is 0 Å². The second kappa shape index (κ2) is 11.2. The molecule has 1 atom stereocenters. The van der Waals surface area contributed by atoms with Crippen LogP contribution in [0.2, 0.25) is 4.34 Å². The van der Waals surface area contributed by atoms with Gasteiger partial charge in [0, 0.05) is 29.8 Å². The van der Waals surface area contributed by atoms with E-state index in [2.05, 4.69) is 10.6 Å². The minimum atomic E-state index is -1.59. The molecule has 11 heteroatoms. The Balaban J connectivity index is 1.50. The number of aryl methyl sites for hydroxylation is 1. The summed E-state index contributed by atoms with van der Waals surface area (Å²) in [5.74, 6) is -1.65. The third-order valence-electron chi connectivity index (χ3n) is 7.24. The van der Waals surface area contributed by atoms with E-state index in [0.29, 0.717) is 46.5 Å². The Morgan fingerprint density at radius 3 is 2.51 bits per heavy atom. The standard InChI is InChI=1S/C26H31ClN4O5S/c1-15-4-3-5-18(26(2,25(28)35)30-24(34)19-10-11-20(27)37-19)22(15)29-23(33)16-6-8-17(9-7-16)31-12-13-36-14-21(31)32/h3-5,10-11,16-17H,6-9,12-14H2,1-2H3,(H2,28,35)(H,29,33)(H,30,34). The van der Waals surface area contributed by atoms with Crippen molar-refractivity contribution >= 4 is 52.3 Å². The highest BCUT2D eigenvalue weighted by atomic mass is 35.5. The van der Waals surface area contributed by atoms with Gasteiger partial charge in [-0.1, -0.05) is 29.8 Å². The minimum absolute atomic E-state index is 0.00121. The number of carbonyl (C=O) groups excluding carboxylic acids is 4. The van der Waals surface area contributed by atoms with Gasteiger partial charge in [0.15, 0.2) is 0 Å². The first-order valence-electron chi connectivity index (χ1n) is 12.3. The number of amides is 4. The first-order valence-corrected chi connectivity index (χ1v) is 13.5. The van der Waals surface area contributed by atoms with E-state index in [4.69, 9.17) is 22.1 Å². The van der Waals surface area contributed by atoms with Crippen molar-refractivity contribution in [2.75, 3.05) is 25.1 Å². The predicted octanol–water partition coefficient (Wildman–Crippen LogP) is 3.20. The molecule has 0 bridgehead atoms. The molecule has 9 nitrogen and oxygen atoms in total. The largest absolute Gasteiger partial charge is 0.370 e. The van der Waals surface area contributed by atoms with Crippen LogP contribution in [0.3, 0.4) is 0 Å². The summed E-state index contributed by atoms with van der Waals surface area (Å²) in [6.45, 7) is 4.59. The van der Waals surface area contributed by atoms with E-state index in [1.54, 1.807) is 24.3 Å². The van der Waals surface area contributed by atoms with Crippen molar-refractivity contribution in [3.05, 3.63) is 50.7 Å². The van der Waals surface area contributed by atoms with E-state index in [1.807, 2.05) is 17.9 Å². The third-order valence-corrected chi connectivity index (χ3v) is 8.47. The van der Waals surface area contributed by atoms with Gasteiger partial charge in [0.05, 0.1) is 15.8 Å². The Bertz CT molecular complexity index is 1210. The maximum atomic E-state index is 13.3. The first kappa shape index (κ1) is 27.1. The van der Waals surface area contributed by atoms with Gasteiger partial charge in [0.25, 0.3) is 5.91 Å². The average Bonchev–Trinajstić information content (AvgIpc) is 3.32. The monoisotopic (exact) mass is 546 g/mol. The Morgan fingerprint density at radius 2 is 1.89 bits per heavy atom. The molecule has 4 amide bonds. The molecule has 1 aliphatic carbocycles. The normalized spacial score (nSPS) is 21.7. The van der Waals surface area contributed by atoms with Crippen molar-refractivity contribution in [2.45, 2.75) is 51.1 Å². The van der Waals surface area contributed by atoms with Crippen LogP contribution in [-0.4, -0.2) is 54.3 Å². The van der Waals surface area contributed by atoms with Gasteiger partial charge in [-0.3, -0.25) is 19.2 Å². The van der Waals surface area contributed by atoms with Crippen LogP contribution in [0, 0.1) is 12.8 Å². The van der Waals surface area contributed by atoms with E-state index in [0.717, 1.165) is 29.7 Å². The number of halogens is 1. The number of primary amides is 1. The first-order chi connectivity index (χ1) is 17.6. The quantitative estimate of drug-likeness (QED) is 0.491. The van der Waals surface area contributed by atoms with Gasteiger partial charge in [-0.15, -0.1) is 11.3 Å². The molecular weight excluding hydrogens is 516 g/mol. The van der Waals surface area contributed by atoms with E-state index < -0.39 is 17.4 Å². The smallest absolute Gasteiger partial charge is 0.262 e. The predicted molar refractivity (Wildman–Crippen MR) is 141 cm³/mol. The molecule has 1 unspecified atom stereocenters. The van der Waals surface area contributed by atoms with Crippen LogP contribution in [0.1, 0.15) is 53.4 Å². The highest BCUT2D eigenvalue weighted by Crippen LogP contribution is 2.34. The molecule has 4 N–H and O–H groups in total. The lowest BCUT2D eigenvalue weighted by Gasteiger charge is -2.38. The number of para-hydroxylation sites is 1. The molecule has 1 saturated carbocycles. The zero-order valence-corrected chi connectivity index (χ0v) is 22.4. The van der Waals surface area contributed by atoms with Crippen LogP contribution in [0.15, 0.2) is 30.3 Å². The Labute approximate surface area is 224 Å². The molecule has 2 fully saturated rings. The van der Waals surface area contributed by atoms with Crippen LogP contribution >= 0.6 is 22.9 Å². The molecule has 0 spiro atoms. The van der Waals surface area contributed by atoms with Crippen LogP contribution in [0.5, 0.6) is 0 Å². The van der Waals surface area contributed by atoms with Crippen molar-refractivity contribution < 1.29 is 23.9 Å². The van der Waals surface area contributed by atoms with Crippen molar-refractivity contribution in [1.29, 1.82) is 0 Å². The van der Waals surface area contributed by atoms with Crippen molar-refractivity contribution in [1.82, 2.24) is 10.2 Å². The molecule has 37 heavy (non-hydrogen) atoms. The van der Waals surface area contributed by atoms with Crippen molar-refractivity contribution in [2.24, 2.45) is 11.7 Å². The number of benzene rings is 1. The van der Waals surface area contributed by atoms with Gasteiger partial charge in [0.2, 0.25) is 17.7 Å². The highest BCUT2D eigenvalue weighted by Gasteiger charge is 2.39. The summed E-state index contributed by atoms with van der Waals surface area (Å²) >= 11 is 7.06. The molecule has 1 aromatic heterocycles. The lowest BCUT2D eigenvalue weighted by molar-refractivity contribution is -0.146. The summed E-state index contributed by atoms with van der Waals surface area (Å²) in [7, 11) is 0.